The van der Waals surface area contributed by atoms with Gasteiger partial charge in [0.25, 0.3) is 0 Å². The molecule has 2 N–H and O–H groups in total. The van der Waals surface area contributed by atoms with Crippen LogP contribution in [-0.2, 0) is 45.5 Å². The summed E-state index contributed by atoms with van der Waals surface area (Å²) in [7, 11) is -3.19. The number of rotatable bonds is 13. The number of benzene rings is 4. The molecule has 1 amide bonds. The number of hydrogen-bond donors (Lipinski definition) is 2. The van der Waals surface area contributed by atoms with Crippen molar-refractivity contribution in [2.45, 2.75) is 68.3 Å². The summed E-state index contributed by atoms with van der Waals surface area (Å²) >= 11 is 0. The van der Waals surface area contributed by atoms with Gasteiger partial charge in [-0.2, -0.15) is 13.2 Å². The molecule has 1 unspecified atom stereocenters. The molecule has 1 aliphatic carbocycles. The van der Waals surface area contributed by atoms with Gasteiger partial charge in [0, 0.05) is 68.8 Å². The molecule has 0 spiro atoms. The van der Waals surface area contributed by atoms with Gasteiger partial charge in [0.2, 0.25) is 5.91 Å². The van der Waals surface area contributed by atoms with Gasteiger partial charge in [-0.15, -0.1) is 0 Å². The number of nitrogens with zero attached hydrogens (tertiary/aromatic N) is 3. The standard InChI is InChI=1S/C44H46N4O4S.C2HF3O2/c1-53(51,52)38-18-13-32(14-19-38)21-24-45-28-35-15-20-42(46-29-35)36-16-11-34(12-17-36)31-48(44(50)41-27-43(49)40-10-6-5-9-39(40)41)37-22-25-47(26-23-37)30-33-7-3-2-4-8-33;3-2(4,5)1(6)7/h2-20,29,37,41,45H,21-28,30-31H2,1H3;(H,6,7). The van der Waals surface area contributed by atoms with Crippen LogP contribution in [0.4, 0.5) is 13.2 Å². The molecular formula is C46H47F3N4O6S. The first kappa shape index (κ1) is 43.9. The first-order chi connectivity index (χ1) is 28.7. The number of aliphatic carboxylic acids is 1. The minimum atomic E-state index is -5.08. The van der Waals surface area contributed by atoms with Gasteiger partial charge in [-0.3, -0.25) is 19.5 Å². The van der Waals surface area contributed by atoms with Gasteiger partial charge in [-0.05, 0) is 71.8 Å². The van der Waals surface area contributed by atoms with Crippen LogP contribution in [0.25, 0.3) is 11.3 Å². The molecule has 10 nitrogen and oxygen atoms in total. The third-order valence-corrected chi connectivity index (χ3v) is 11.9. The van der Waals surface area contributed by atoms with Crippen LogP contribution in [0.1, 0.15) is 63.4 Å². The highest BCUT2D eigenvalue weighted by atomic mass is 32.2. The number of piperidine rings is 1. The number of sulfone groups is 1. The Balaban J connectivity index is 0.000000793. The lowest BCUT2D eigenvalue weighted by atomic mass is 9.95. The topological polar surface area (TPSA) is 137 Å². The minimum Gasteiger partial charge on any atom is -0.475 e. The molecule has 14 heteroatoms. The molecule has 1 fully saturated rings. The lowest BCUT2D eigenvalue weighted by Crippen LogP contribution is -2.48. The van der Waals surface area contributed by atoms with E-state index < -0.39 is 27.9 Å². The van der Waals surface area contributed by atoms with Gasteiger partial charge in [-0.1, -0.05) is 97.1 Å². The van der Waals surface area contributed by atoms with Crippen LogP contribution in [-0.4, -0.2) is 84.1 Å². The molecule has 0 radical (unpaired) electrons. The fourth-order valence-electron chi connectivity index (χ4n) is 7.54. The van der Waals surface area contributed by atoms with Crippen LogP contribution in [0.5, 0.6) is 0 Å². The summed E-state index contributed by atoms with van der Waals surface area (Å²) in [5.41, 5.74) is 7.94. The molecule has 0 saturated carbocycles. The van der Waals surface area contributed by atoms with Crippen molar-refractivity contribution in [3.05, 3.63) is 155 Å². The smallest absolute Gasteiger partial charge is 0.475 e. The van der Waals surface area contributed by atoms with Crippen molar-refractivity contribution in [3.8, 4) is 11.3 Å². The van der Waals surface area contributed by atoms with Gasteiger partial charge in [0.1, 0.15) is 0 Å². The van der Waals surface area contributed by atoms with Crippen LogP contribution in [0.3, 0.4) is 0 Å². The summed E-state index contributed by atoms with van der Waals surface area (Å²) in [5.74, 6) is -3.10. The number of carboxylic acid groups (broad SMARTS) is 1. The fraction of sp³-hybridized carbons (Fsp3) is 0.304. The normalized spacial score (nSPS) is 15.8. The third kappa shape index (κ3) is 11.7. The number of amides is 1. The molecule has 1 aliphatic heterocycles. The summed E-state index contributed by atoms with van der Waals surface area (Å²) < 4.78 is 55.1. The number of carbonyl (C=O) groups is 3. The maximum absolute atomic E-state index is 14.4. The monoisotopic (exact) mass is 840 g/mol. The third-order valence-electron chi connectivity index (χ3n) is 10.8. The second kappa shape index (κ2) is 19.6. The molecule has 4 aromatic carbocycles. The Hall–Kier alpha value is -5.70. The number of carbonyl (C=O) groups excluding carboxylic acids is 2. The van der Waals surface area contributed by atoms with E-state index in [2.05, 4.69) is 69.7 Å². The van der Waals surface area contributed by atoms with Crippen molar-refractivity contribution in [1.82, 2.24) is 20.1 Å². The van der Waals surface area contributed by atoms with Crippen LogP contribution in [0.15, 0.2) is 126 Å². The molecule has 0 bridgehead atoms. The highest BCUT2D eigenvalue weighted by molar-refractivity contribution is 7.90. The number of fused-ring (bicyclic) bond motifs is 1. The largest absolute Gasteiger partial charge is 0.490 e. The van der Waals surface area contributed by atoms with E-state index in [1.165, 1.54) is 11.8 Å². The summed E-state index contributed by atoms with van der Waals surface area (Å²) in [6.07, 6.45) is 0.840. The molecule has 5 aromatic rings. The lowest BCUT2D eigenvalue weighted by molar-refractivity contribution is -0.192. The molecule has 60 heavy (non-hydrogen) atoms. The Morgan fingerprint density at radius 3 is 2.07 bits per heavy atom. The molecule has 1 aromatic heterocycles. The Morgan fingerprint density at radius 2 is 1.45 bits per heavy atom. The number of hydrogen-bond acceptors (Lipinski definition) is 8. The van der Waals surface area contributed by atoms with E-state index >= 15 is 0 Å². The van der Waals surface area contributed by atoms with Crippen LogP contribution >= 0.6 is 0 Å². The van der Waals surface area contributed by atoms with Crippen molar-refractivity contribution >= 4 is 27.5 Å². The van der Waals surface area contributed by atoms with Crippen molar-refractivity contribution < 1.29 is 41.1 Å². The minimum absolute atomic E-state index is 0.0459. The Morgan fingerprint density at radius 1 is 0.833 bits per heavy atom. The number of nitrogens with one attached hydrogen (secondary N) is 1. The highest BCUT2D eigenvalue weighted by Crippen LogP contribution is 2.36. The summed E-state index contributed by atoms with van der Waals surface area (Å²) in [6.45, 7) is 4.68. The Kier molecular flexibility index (Phi) is 14.3. The molecule has 2 aliphatic rings. The number of ketones is 1. The van der Waals surface area contributed by atoms with Gasteiger partial charge < -0.3 is 15.3 Å². The molecule has 1 atom stereocenters. The van der Waals surface area contributed by atoms with E-state index in [1.54, 1.807) is 12.1 Å². The number of aromatic nitrogens is 1. The maximum atomic E-state index is 14.4. The number of halogens is 3. The van der Waals surface area contributed by atoms with Crippen molar-refractivity contribution in [2.24, 2.45) is 0 Å². The van der Waals surface area contributed by atoms with E-state index in [0.717, 1.165) is 79.0 Å². The predicted molar refractivity (Wildman–Crippen MR) is 222 cm³/mol. The average molecular weight is 841 g/mol. The quantitative estimate of drug-likeness (QED) is 0.116. The number of carboxylic acids is 1. The second-order valence-electron chi connectivity index (χ2n) is 15.1. The molecular weight excluding hydrogens is 794 g/mol. The first-order valence-corrected chi connectivity index (χ1v) is 21.6. The van der Waals surface area contributed by atoms with Gasteiger partial charge in [0.15, 0.2) is 15.6 Å². The summed E-state index contributed by atoms with van der Waals surface area (Å²) in [5, 5.41) is 10.6. The zero-order valence-corrected chi connectivity index (χ0v) is 34.0. The van der Waals surface area contributed by atoms with Crippen LogP contribution in [0, 0.1) is 0 Å². The van der Waals surface area contributed by atoms with Crippen molar-refractivity contribution in [3.63, 3.8) is 0 Å². The zero-order valence-electron chi connectivity index (χ0n) is 33.1. The van der Waals surface area contributed by atoms with E-state index in [0.29, 0.717) is 23.5 Å². The SMILES string of the molecule is CS(=O)(=O)c1ccc(CCNCc2ccc(-c3ccc(CN(C(=O)C4CC(=O)c5ccccc54)C4CCN(Cc5ccccc5)CC4)cc3)nc2)cc1.O=C(O)C(F)(F)F. The highest BCUT2D eigenvalue weighted by Gasteiger charge is 2.39. The van der Waals surface area contributed by atoms with E-state index in [4.69, 9.17) is 14.9 Å². The lowest BCUT2D eigenvalue weighted by Gasteiger charge is -2.40. The van der Waals surface area contributed by atoms with Crippen molar-refractivity contribution in [1.29, 1.82) is 0 Å². The Bertz CT molecular complexity index is 2350. The van der Waals surface area contributed by atoms with Crippen molar-refractivity contribution in [2.75, 3.05) is 25.9 Å². The maximum Gasteiger partial charge on any atom is 0.490 e. The van der Waals surface area contributed by atoms with Crippen LogP contribution < -0.4 is 5.32 Å². The molecule has 314 valence electrons. The Labute approximate surface area is 348 Å². The molecule has 1 saturated heterocycles. The average Bonchev–Trinajstić information content (AvgIpc) is 3.58. The van der Waals surface area contributed by atoms with E-state index in [-0.39, 0.29) is 24.2 Å². The summed E-state index contributed by atoms with van der Waals surface area (Å²) in [6, 6.07) is 37.7. The summed E-state index contributed by atoms with van der Waals surface area (Å²) in [4.78, 5) is 45.8. The number of Topliss-reactive ketones (excluding diaryl/α,β-unsaturated/α-hetero) is 1. The van der Waals surface area contributed by atoms with E-state index in [1.807, 2.05) is 54.7 Å². The zero-order chi connectivity index (χ0) is 42.9. The molecule has 7 rings (SSSR count). The first-order valence-electron chi connectivity index (χ1n) is 19.7. The fourth-order valence-corrected chi connectivity index (χ4v) is 8.17. The van der Waals surface area contributed by atoms with Gasteiger partial charge in [-0.25, -0.2) is 13.2 Å². The van der Waals surface area contributed by atoms with Gasteiger partial charge >= 0.3 is 12.1 Å². The predicted octanol–water partition coefficient (Wildman–Crippen LogP) is 7.48. The van der Waals surface area contributed by atoms with E-state index in [9.17, 15) is 31.2 Å². The number of alkyl halides is 3. The number of pyridine rings is 1. The van der Waals surface area contributed by atoms with Gasteiger partial charge in [0.05, 0.1) is 16.5 Å². The molecule has 2 heterocycles. The second-order valence-corrected chi connectivity index (χ2v) is 17.1. The number of likely N-dealkylation sites (tertiary alicyclic amines) is 1. The van der Waals surface area contributed by atoms with Crippen LogP contribution in [0.2, 0.25) is 0 Å².